The van der Waals surface area contributed by atoms with E-state index in [2.05, 4.69) is 18.2 Å². The second-order valence-electron chi connectivity index (χ2n) is 3.79. The van der Waals surface area contributed by atoms with Crippen LogP contribution in [0, 0.1) is 12.3 Å². The van der Waals surface area contributed by atoms with Gasteiger partial charge in [-0.3, -0.25) is 0 Å². The molecule has 0 aliphatic rings. The lowest BCUT2D eigenvalue weighted by Crippen LogP contribution is -2.34. The van der Waals surface area contributed by atoms with Gasteiger partial charge in [-0.15, -0.1) is 6.42 Å². The van der Waals surface area contributed by atoms with E-state index in [1.807, 2.05) is 31.2 Å². The van der Waals surface area contributed by atoms with Crippen LogP contribution in [0.15, 0.2) is 24.3 Å². The Balaban J connectivity index is 2.48. The highest BCUT2D eigenvalue weighted by Crippen LogP contribution is 2.11. The molecular formula is C13H16ClN. The van der Waals surface area contributed by atoms with Crippen LogP contribution in [0.2, 0.25) is 5.02 Å². The largest absolute Gasteiger partial charge is 0.301 e. The smallest absolute Gasteiger partial charge is 0.0660 e. The van der Waals surface area contributed by atoms with Gasteiger partial charge in [-0.1, -0.05) is 29.7 Å². The van der Waals surface area contributed by atoms with Crippen molar-refractivity contribution < 1.29 is 0 Å². The van der Waals surface area contributed by atoms with Crippen molar-refractivity contribution in [1.82, 2.24) is 5.32 Å². The molecule has 2 unspecified atom stereocenters. The molecule has 0 heterocycles. The van der Waals surface area contributed by atoms with E-state index in [1.165, 1.54) is 5.56 Å². The molecule has 0 spiro atoms. The van der Waals surface area contributed by atoms with Gasteiger partial charge in [0.2, 0.25) is 0 Å². The average molecular weight is 222 g/mol. The molecule has 0 saturated carbocycles. The van der Waals surface area contributed by atoms with E-state index < -0.39 is 0 Å². The molecule has 80 valence electrons. The number of rotatable bonds is 4. The van der Waals surface area contributed by atoms with E-state index in [0.29, 0.717) is 6.04 Å². The SMILES string of the molecule is C#CC(C)NC(C)Cc1ccc(Cl)cc1. The van der Waals surface area contributed by atoms with Crippen molar-refractivity contribution in [2.24, 2.45) is 0 Å². The van der Waals surface area contributed by atoms with Crippen LogP contribution in [0.5, 0.6) is 0 Å². The van der Waals surface area contributed by atoms with Crippen LogP contribution in [-0.2, 0) is 6.42 Å². The lowest BCUT2D eigenvalue weighted by atomic mass is 10.1. The fourth-order valence-electron chi connectivity index (χ4n) is 1.51. The minimum absolute atomic E-state index is 0.118. The Morgan fingerprint density at radius 3 is 2.47 bits per heavy atom. The van der Waals surface area contributed by atoms with Crippen LogP contribution in [0.4, 0.5) is 0 Å². The van der Waals surface area contributed by atoms with Gasteiger partial charge in [0.1, 0.15) is 0 Å². The van der Waals surface area contributed by atoms with E-state index in [1.54, 1.807) is 0 Å². The molecule has 0 radical (unpaired) electrons. The molecule has 0 aliphatic carbocycles. The first-order valence-corrected chi connectivity index (χ1v) is 5.46. The molecule has 0 bridgehead atoms. The summed E-state index contributed by atoms with van der Waals surface area (Å²) in [7, 11) is 0. The highest BCUT2D eigenvalue weighted by molar-refractivity contribution is 6.30. The summed E-state index contributed by atoms with van der Waals surface area (Å²) in [5, 5.41) is 4.10. The first-order chi connectivity index (χ1) is 7.11. The minimum atomic E-state index is 0.118. The van der Waals surface area contributed by atoms with Gasteiger partial charge in [0.05, 0.1) is 6.04 Å². The van der Waals surface area contributed by atoms with Crippen LogP contribution in [0.3, 0.4) is 0 Å². The summed E-state index contributed by atoms with van der Waals surface area (Å²) in [6, 6.07) is 8.40. The van der Waals surface area contributed by atoms with Gasteiger partial charge >= 0.3 is 0 Å². The summed E-state index contributed by atoms with van der Waals surface area (Å²) in [4.78, 5) is 0. The summed E-state index contributed by atoms with van der Waals surface area (Å²) in [6.45, 7) is 4.11. The Labute approximate surface area is 96.8 Å². The third-order valence-corrected chi connectivity index (χ3v) is 2.49. The predicted octanol–water partition coefficient (Wildman–Crippen LogP) is 2.88. The zero-order valence-corrected chi connectivity index (χ0v) is 9.88. The van der Waals surface area contributed by atoms with Gasteiger partial charge < -0.3 is 5.32 Å². The third-order valence-electron chi connectivity index (χ3n) is 2.24. The third kappa shape index (κ3) is 4.38. The number of hydrogen-bond acceptors (Lipinski definition) is 1. The van der Waals surface area contributed by atoms with E-state index in [9.17, 15) is 0 Å². The molecule has 1 N–H and O–H groups in total. The Morgan fingerprint density at radius 1 is 1.33 bits per heavy atom. The highest BCUT2D eigenvalue weighted by atomic mass is 35.5. The van der Waals surface area contributed by atoms with Crippen molar-refractivity contribution in [1.29, 1.82) is 0 Å². The number of terminal acetylenes is 1. The van der Waals surface area contributed by atoms with Crippen molar-refractivity contribution in [3.8, 4) is 12.3 Å². The molecule has 1 rings (SSSR count). The predicted molar refractivity (Wildman–Crippen MR) is 66.0 cm³/mol. The molecule has 1 aromatic rings. The summed E-state index contributed by atoms with van der Waals surface area (Å²) < 4.78 is 0. The summed E-state index contributed by atoms with van der Waals surface area (Å²) in [5.74, 6) is 2.66. The Bertz CT molecular complexity index is 337. The maximum absolute atomic E-state index is 5.81. The number of benzene rings is 1. The standard InChI is InChI=1S/C13H16ClN/c1-4-10(2)15-11(3)9-12-5-7-13(14)8-6-12/h1,5-8,10-11,15H,9H2,2-3H3. The van der Waals surface area contributed by atoms with Crippen LogP contribution in [-0.4, -0.2) is 12.1 Å². The molecule has 15 heavy (non-hydrogen) atoms. The van der Waals surface area contributed by atoms with E-state index in [4.69, 9.17) is 18.0 Å². The summed E-state index contributed by atoms with van der Waals surface area (Å²) in [5.41, 5.74) is 1.27. The number of hydrogen-bond donors (Lipinski definition) is 1. The molecule has 1 aromatic carbocycles. The summed E-state index contributed by atoms with van der Waals surface area (Å²) in [6.07, 6.45) is 6.27. The van der Waals surface area contributed by atoms with Crippen molar-refractivity contribution in [3.63, 3.8) is 0 Å². The van der Waals surface area contributed by atoms with Crippen LogP contribution < -0.4 is 5.32 Å². The maximum atomic E-state index is 5.81. The molecule has 0 saturated heterocycles. The average Bonchev–Trinajstić information content (AvgIpc) is 2.21. The van der Waals surface area contributed by atoms with Gasteiger partial charge in [0.25, 0.3) is 0 Å². The zero-order chi connectivity index (χ0) is 11.3. The number of nitrogens with one attached hydrogen (secondary N) is 1. The molecule has 0 aromatic heterocycles. The van der Waals surface area contributed by atoms with Crippen molar-refractivity contribution in [2.45, 2.75) is 32.4 Å². The topological polar surface area (TPSA) is 12.0 Å². The normalized spacial score (nSPS) is 14.3. The van der Waals surface area contributed by atoms with Crippen LogP contribution in [0.1, 0.15) is 19.4 Å². The fourth-order valence-corrected chi connectivity index (χ4v) is 1.63. The highest BCUT2D eigenvalue weighted by Gasteiger charge is 2.05. The van der Waals surface area contributed by atoms with Gasteiger partial charge in [0, 0.05) is 11.1 Å². The van der Waals surface area contributed by atoms with Crippen molar-refractivity contribution >= 4 is 11.6 Å². The second-order valence-corrected chi connectivity index (χ2v) is 4.22. The van der Waals surface area contributed by atoms with E-state index >= 15 is 0 Å². The molecule has 0 amide bonds. The quantitative estimate of drug-likeness (QED) is 0.771. The van der Waals surface area contributed by atoms with Gasteiger partial charge in [0.15, 0.2) is 0 Å². The second kappa shape index (κ2) is 5.80. The lowest BCUT2D eigenvalue weighted by Gasteiger charge is -2.16. The van der Waals surface area contributed by atoms with E-state index in [0.717, 1.165) is 11.4 Å². The van der Waals surface area contributed by atoms with Gasteiger partial charge in [-0.05, 0) is 38.0 Å². The minimum Gasteiger partial charge on any atom is -0.301 e. The molecule has 0 aliphatic heterocycles. The van der Waals surface area contributed by atoms with Crippen LogP contribution in [0.25, 0.3) is 0 Å². The molecule has 1 nitrogen and oxygen atoms in total. The molecule has 2 atom stereocenters. The van der Waals surface area contributed by atoms with E-state index in [-0.39, 0.29) is 6.04 Å². The van der Waals surface area contributed by atoms with Crippen molar-refractivity contribution in [2.75, 3.05) is 0 Å². The summed E-state index contributed by atoms with van der Waals surface area (Å²) >= 11 is 5.81. The fraction of sp³-hybridized carbons (Fsp3) is 0.385. The van der Waals surface area contributed by atoms with Crippen molar-refractivity contribution in [3.05, 3.63) is 34.9 Å². The molecule has 2 heteroatoms. The molecular weight excluding hydrogens is 206 g/mol. The maximum Gasteiger partial charge on any atom is 0.0660 e. The van der Waals surface area contributed by atoms with Crippen LogP contribution >= 0.6 is 11.6 Å². The first-order valence-electron chi connectivity index (χ1n) is 5.08. The Morgan fingerprint density at radius 2 is 1.93 bits per heavy atom. The Hall–Kier alpha value is -0.970. The zero-order valence-electron chi connectivity index (χ0n) is 9.13. The monoisotopic (exact) mass is 221 g/mol. The number of halogens is 1. The lowest BCUT2D eigenvalue weighted by molar-refractivity contribution is 0.522. The first kappa shape index (κ1) is 12.1. The van der Waals surface area contributed by atoms with Gasteiger partial charge in [-0.2, -0.15) is 0 Å². The Kier molecular flexibility index (Phi) is 4.68. The molecule has 0 fully saturated rings. The van der Waals surface area contributed by atoms with Gasteiger partial charge in [-0.25, -0.2) is 0 Å².